The van der Waals surface area contributed by atoms with Gasteiger partial charge >= 0.3 is 0 Å². The van der Waals surface area contributed by atoms with Gasteiger partial charge in [-0.15, -0.1) is 24.0 Å². The Balaban J connectivity index is 0.00000392. The molecule has 1 aromatic heterocycles. The van der Waals surface area contributed by atoms with Gasteiger partial charge in [-0.3, -0.25) is 9.67 Å². The molecule has 1 atom stereocenters. The third-order valence-electron chi connectivity index (χ3n) is 4.11. The van der Waals surface area contributed by atoms with E-state index in [1.54, 1.807) is 20.4 Å². The van der Waals surface area contributed by atoms with Crippen molar-refractivity contribution in [1.82, 2.24) is 20.4 Å². The van der Waals surface area contributed by atoms with E-state index in [0.29, 0.717) is 25.7 Å². The Hall–Kier alpha value is -1.81. The zero-order chi connectivity index (χ0) is 19.5. The number of methoxy groups -OCH3 is 1. The van der Waals surface area contributed by atoms with Crippen LogP contribution in [0.1, 0.15) is 18.1 Å². The van der Waals surface area contributed by atoms with Crippen LogP contribution in [0.4, 0.5) is 0 Å². The molecule has 1 unspecified atom stereocenters. The Morgan fingerprint density at radius 2 is 2.11 bits per heavy atom. The Bertz CT molecular complexity index is 707. The molecule has 0 saturated carbocycles. The fourth-order valence-electron chi connectivity index (χ4n) is 2.64. The third-order valence-corrected chi connectivity index (χ3v) is 4.11. The molecule has 0 aliphatic rings. The SMILES string of the molecule is CN=C(NCc1ccc(C)cc1OCCOC)NCC(C)Cn1cccn1.I. The van der Waals surface area contributed by atoms with Crippen molar-refractivity contribution in [2.24, 2.45) is 10.9 Å². The highest BCUT2D eigenvalue weighted by Gasteiger charge is 2.08. The summed E-state index contributed by atoms with van der Waals surface area (Å²) >= 11 is 0. The highest BCUT2D eigenvalue weighted by molar-refractivity contribution is 14.0. The van der Waals surface area contributed by atoms with E-state index in [9.17, 15) is 0 Å². The first-order chi connectivity index (χ1) is 13.1. The van der Waals surface area contributed by atoms with Crippen LogP contribution in [0, 0.1) is 12.8 Å². The number of rotatable bonds is 10. The monoisotopic (exact) mass is 501 g/mol. The van der Waals surface area contributed by atoms with Crippen LogP contribution in [-0.2, 0) is 17.8 Å². The fraction of sp³-hybridized carbons (Fsp3) is 0.500. The first-order valence-electron chi connectivity index (χ1n) is 9.25. The van der Waals surface area contributed by atoms with Gasteiger partial charge in [0, 0.05) is 51.7 Å². The van der Waals surface area contributed by atoms with Crippen LogP contribution >= 0.6 is 24.0 Å². The van der Waals surface area contributed by atoms with E-state index >= 15 is 0 Å². The van der Waals surface area contributed by atoms with Crippen molar-refractivity contribution in [2.75, 3.05) is 33.9 Å². The summed E-state index contributed by atoms with van der Waals surface area (Å²) in [7, 11) is 3.45. The van der Waals surface area contributed by atoms with Crippen LogP contribution in [0.2, 0.25) is 0 Å². The number of benzene rings is 1. The van der Waals surface area contributed by atoms with Gasteiger partial charge in [0.2, 0.25) is 0 Å². The van der Waals surface area contributed by atoms with Gasteiger partial charge in [0.05, 0.1) is 6.61 Å². The lowest BCUT2D eigenvalue weighted by atomic mass is 10.1. The Morgan fingerprint density at radius 1 is 1.29 bits per heavy atom. The predicted molar refractivity (Wildman–Crippen MR) is 124 cm³/mol. The van der Waals surface area contributed by atoms with E-state index in [0.717, 1.165) is 30.4 Å². The molecule has 0 amide bonds. The van der Waals surface area contributed by atoms with E-state index in [-0.39, 0.29) is 24.0 Å². The van der Waals surface area contributed by atoms with Gasteiger partial charge < -0.3 is 20.1 Å². The van der Waals surface area contributed by atoms with E-state index in [1.807, 2.05) is 16.9 Å². The molecule has 7 nitrogen and oxygen atoms in total. The van der Waals surface area contributed by atoms with E-state index in [1.165, 1.54) is 5.56 Å². The second-order valence-corrected chi connectivity index (χ2v) is 6.59. The molecule has 0 fully saturated rings. The number of ether oxygens (including phenoxy) is 2. The van der Waals surface area contributed by atoms with Crippen molar-refractivity contribution in [2.45, 2.75) is 26.9 Å². The molecule has 0 aliphatic carbocycles. The molecule has 1 heterocycles. The number of nitrogens with zero attached hydrogens (tertiary/aromatic N) is 3. The molecular formula is C20H32IN5O2. The quantitative estimate of drug-likeness (QED) is 0.227. The second-order valence-electron chi connectivity index (χ2n) is 6.59. The molecule has 0 radical (unpaired) electrons. The average molecular weight is 501 g/mol. The van der Waals surface area contributed by atoms with Crippen LogP contribution in [0.15, 0.2) is 41.7 Å². The van der Waals surface area contributed by atoms with Crippen molar-refractivity contribution in [3.63, 3.8) is 0 Å². The van der Waals surface area contributed by atoms with Gasteiger partial charge in [-0.2, -0.15) is 5.10 Å². The topological polar surface area (TPSA) is 72.7 Å². The van der Waals surface area contributed by atoms with E-state index < -0.39 is 0 Å². The van der Waals surface area contributed by atoms with Gasteiger partial charge in [0.1, 0.15) is 12.4 Å². The standard InChI is InChI=1S/C20H31N5O2.HI/c1-16-6-7-18(19(12-16)27-11-10-26-4)14-23-20(21-3)22-13-17(2)15-25-9-5-8-24-25;/h5-9,12,17H,10-11,13-15H2,1-4H3,(H2,21,22,23);1H. The third kappa shape index (κ3) is 8.47. The lowest BCUT2D eigenvalue weighted by Gasteiger charge is -2.17. The minimum atomic E-state index is 0. The number of aromatic nitrogens is 2. The number of hydrogen-bond acceptors (Lipinski definition) is 4. The molecule has 0 aliphatic heterocycles. The van der Waals surface area contributed by atoms with Gasteiger partial charge in [-0.05, 0) is 30.5 Å². The van der Waals surface area contributed by atoms with Crippen molar-refractivity contribution in [3.05, 3.63) is 47.8 Å². The Morgan fingerprint density at radius 3 is 2.79 bits per heavy atom. The number of halogens is 1. The summed E-state index contributed by atoms with van der Waals surface area (Å²) in [6, 6.07) is 8.16. The predicted octanol–water partition coefficient (Wildman–Crippen LogP) is 2.84. The second kappa shape index (κ2) is 13.4. The zero-order valence-corrected chi connectivity index (χ0v) is 19.5. The fourth-order valence-corrected chi connectivity index (χ4v) is 2.64. The summed E-state index contributed by atoms with van der Waals surface area (Å²) in [5.41, 5.74) is 2.25. The van der Waals surface area contributed by atoms with Crippen molar-refractivity contribution in [3.8, 4) is 5.75 Å². The van der Waals surface area contributed by atoms with Gasteiger partial charge in [-0.1, -0.05) is 19.1 Å². The zero-order valence-electron chi connectivity index (χ0n) is 17.1. The lowest BCUT2D eigenvalue weighted by Crippen LogP contribution is -2.39. The first-order valence-corrected chi connectivity index (χ1v) is 9.25. The van der Waals surface area contributed by atoms with Crippen molar-refractivity contribution in [1.29, 1.82) is 0 Å². The molecule has 1 aromatic carbocycles. The molecule has 8 heteroatoms. The molecule has 156 valence electrons. The van der Waals surface area contributed by atoms with Gasteiger partial charge in [-0.25, -0.2) is 0 Å². The smallest absolute Gasteiger partial charge is 0.191 e. The molecule has 0 spiro atoms. The summed E-state index contributed by atoms with van der Waals surface area (Å²) in [6.07, 6.45) is 3.78. The Labute approximate surface area is 184 Å². The maximum atomic E-state index is 5.85. The maximum Gasteiger partial charge on any atom is 0.191 e. The number of aryl methyl sites for hydroxylation is 1. The van der Waals surface area contributed by atoms with Gasteiger partial charge in [0.25, 0.3) is 0 Å². The Kier molecular flexibility index (Phi) is 11.6. The molecule has 2 N–H and O–H groups in total. The number of nitrogens with one attached hydrogen (secondary N) is 2. The average Bonchev–Trinajstić information content (AvgIpc) is 3.16. The largest absolute Gasteiger partial charge is 0.491 e. The summed E-state index contributed by atoms with van der Waals surface area (Å²) < 4.78 is 12.9. The van der Waals surface area contributed by atoms with E-state index in [2.05, 4.69) is 52.8 Å². The molecule has 0 saturated heterocycles. The number of guanidine groups is 1. The molecule has 0 bridgehead atoms. The number of hydrogen-bond donors (Lipinski definition) is 2. The summed E-state index contributed by atoms with van der Waals surface area (Å²) in [5, 5.41) is 11.0. The minimum Gasteiger partial charge on any atom is -0.491 e. The summed E-state index contributed by atoms with van der Waals surface area (Å²) in [4.78, 5) is 4.31. The maximum absolute atomic E-state index is 5.85. The molecule has 28 heavy (non-hydrogen) atoms. The lowest BCUT2D eigenvalue weighted by molar-refractivity contribution is 0.145. The minimum absolute atomic E-state index is 0. The molecule has 2 rings (SSSR count). The molecule has 2 aromatic rings. The van der Waals surface area contributed by atoms with Crippen molar-refractivity contribution < 1.29 is 9.47 Å². The van der Waals surface area contributed by atoms with Crippen LogP contribution in [0.3, 0.4) is 0 Å². The van der Waals surface area contributed by atoms with Crippen LogP contribution < -0.4 is 15.4 Å². The molecular weight excluding hydrogens is 469 g/mol. The summed E-state index contributed by atoms with van der Waals surface area (Å²) in [5.74, 6) is 2.07. The van der Waals surface area contributed by atoms with E-state index in [4.69, 9.17) is 9.47 Å². The normalized spacial score (nSPS) is 12.2. The van der Waals surface area contributed by atoms with Crippen LogP contribution in [0.5, 0.6) is 5.75 Å². The van der Waals surface area contributed by atoms with Crippen LogP contribution in [0.25, 0.3) is 0 Å². The van der Waals surface area contributed by atoms with Crippen LogP contribution in [-0.4, -0.2) is 49.7 Å². The highest BCUT2D eigenvalue weighted by Crippen LogP contribution is 2.20. The van der Waals surface area contributed by atoms with Gasteiger partial charge in [0.15, 0.2) is 5.96 Å². The first kappa shape index (κ1) is 24.2. The summed E-state index contributed by atoms with van der Waals surface area (Å²) in [6.45, 7) is 7.65. The highest BCUT2D eigenvalue weighted by atomic mass is 127. The number of aliphatic imine (C=N–C) groups is 1. The van der Waals surface area contributed by atoms with Crippen molar-refractivity contribution >= 4 is 29.9 Å².